The van der Waals surface area contributed by atoms with Gasteiger partial charge in [0.05, 0.1) is 19.6 Å². The zero-order valence-corrected chi connectivity index (χ0v) is 17.7. The van der Waals surface area contributed by atoms with E-state index in [0.29, 0.717) is 0 Å². The Morgan fingerprint density at radius 1 is 0.621 bits per heavy atom. The molecule has 0 spiro atoms. The van der Waals surface area contributed by atoms with Crippen molar-refractivity contribution < 1.29 is 25.3 Å². The van der Waals surface area contributed by atoms with E-state index < -0.39 is 29.9 Å². The molecule has 0 atom stereocenters. The van der Waals surface area contributed by atoms with Gasteiger partial charge in [0.1, 0.15) is 0 Å². The molecule has 0 fully saturated rings. The fourth-order valence-electron chi connectivity index (χ4n) is 2.31. The van der Waals surface area contributed by atoms with E-state index >= 15 is 0 Å². The quantitative estimate of drug-likeness (QED) is 0.347. The van der Waals surface area contributed by atoms with Crippen LogP contribution < -0.4 is 20.9 Å². The summed E-state index contributed by atoms with van der Waals surface area (Å²) in [5.41, 5.74) is 10.6. The predicted octanol–water partition coefficient (Wildman–Crippen LogP) is -1.01. The molecule has 6 N–H and O–H groups in total. The molecule has 0 heterocycles. The molecular formula is C16H22N4O6S3. The molecule has 0 aliphatic rings. The standard InChI is InChI=1S/C16H22N4O6S3/c17-7-9-19-28(23,24)15-5-1-3-13(11-15)27(21,22)14-4-2-6-16(12-14)29(25,26)20-10-8-18/h1-6,11-12,19-20H,7-10,17-18H2. The van der Waals surface area contributed by atoms with Crippen molar-refractivity contribution in [3.63, 3.8) is 0 Å². The van der Waals surface area contributed by atoms with Crippen molar-refractivity contribution in [2.24, 2.45) is 11.5 Å². The summed E-state index contributed by atoms with van der Waals surface area (Å²) in [6.07, 6.45) is 0. The van der Waals surface area contributed by atoms with Crippen molar-refractivity contribution in [3.8, 4) is 0 Å². The highest BCUT2D eigenvalue weighted by atomic mass is 32.2. The summed E-state index contributed by atoms with van der Waals surface area (Å²) in [6.45, 7) is 0.150. The SMILES string of the molecule is NCCNS(=O)(=O)c1cccc(S(=O)(=O)c2cccc(S(=O)(=O)NCCN)c2)c1. The Labute approximate surface area is 170 Å². The molecule has 160 valence electrons. The smallest absolute Gasteiger partial charge is 0.240 e. The summed E-state index contributed by atoms with van der Waals surface area (Å²) in [7, 11) is -12.1. The lowest BCUT2D eigenvalue weighted by atomic mass is 10.4. The van der Waals surface area contributed by atoms with Gasteiger partial charge in [-0.15, -0.1) is 0 Å². The molecule has 0 radical (unpaired) electrons. The molecule has 10 nitrogen and oxygen atoms in total. The fourth-order valence-corrected chi connectivity index (χ4v) is 5.99. The van der Waals surface area contributed by atoms with Crippen LogP contribution in [0.4, 0.5) is 0 Å². The van der Waals surface area contributed by atoms with Crippen LogP contribution in [0.2, 0.25) is 0 Å². The maximum absolute atomic E-state index is 12.9. The lowest BCUT2D eigenvalue weighted by Gasteiger charge is -2.10. The highest BCUT2D eigenvalue weighted by molar-refractivity contribution is 7.92. The lowest BCUT2D eigenvalue weighted by molar-refractivity contribution is 0.580. The third-order valence-electron chi connectivity index (χ3n) is 3.73. The molecule has 0 aliphatic carbocycles. The molecule has 0 unspecified atom stereocenters. The van der Waals surface area contributed by atoms with Gasteiger partial charge in [0.25, 0.3) is 0 Å². The van der Waals surface area contributed by atoms with E-state index in [2.05, 4.69) is 9.44 Å². The lowest BCUT2D eigenvalue weighted by Crippen LogP contribution is -2.29. The van der Waals surface area contributed by atoms with Crippen molar-refractivity contribution in [3.05, 3.63) is 48.5 Å². The molecule has 2 aromatic carbocycles. The Bertz CT molecular complexity index is 1090. The number of rotatable bonds is 10. The number of hydrogen-bond donors (Lipinski definition) is 4. The van der Waals surface area contributed by atoms with E-state index in [1.807, 2.05) is 0 Å². The molecule has 0 amide bonds. The maximum atomic E-state index is 12.9. The summed E-state index contributed by atoms with van der Waals surface area (Å²) in [6, 6.07) is 9.52. The van der Waals surface area contributed by atoms with E-state index in [-0.39, 0.29) is 45.8 Å². The predicted molar refractivity (Wildman–Crippen MR) is 107 cm³/mol. The molecule has 2 rings (SSSR count). The van der Waals surface area contributed by atoms with Gasteiger partial charge in [-0.25, -0.2) is 34.7 Å². The largest absolute Gasteiger partial charge is 0.329 e. The van der Waals surface area contributed by atoms with Crippen LogP contribution in [0.1, 0.15) is 0 Å². The van der Waals surface area contributed by atoms with E-state index in [4.69, 9.17) is 11.5 Å². The first kappa shape index (κ1) is 23.4. The van der Waals surface area contributed by atoms with Gasteiger partial charge >= 0.3 is 0 Å². The zero-order valence-electron chi connectivity index (χ0n) is 15.3. The minimum atomic E-state index is -4.18. The average molecular weight is 463 g/mol. The van der Waals surface area contributed by atoms with E-state index in [9.17, 15) is 25.3 Å². The first-order valence-electron chi connectivity index (χ1n) is 8.39. The van der Waals surface area contributed by atoms with Crippen LogP contribution in [-0.2, 0) is 29.9 Å². The third-order valence-corrected chi connectivity index (χ3v) is 8.39. The van der Waals surface area contributed by atoms with Gasteiger partial charge in [0.2, 0.25) is 29.9 Å². The fraction of sp³-hybridized carbons (Fsp3) is 0.250. The topological polar surface area (TPSA) is 179 Å². The van der Waals surface area contributed by atoms with Crippen LogP contribution >= 0.6 is 0 Å². The van der Waals surface area contributed by atoms with Gasteiger partial charge in [-0.1, -0.05) is 12.1 Å². The Morgan fingerprint density at radius 2 is 0.966 bits per heavy atom. The van der Waals surface area contributed by atoms with E-state index in [0.717, 1.165) is 12.1 Å². The summed E-state index contributed by atoms with van der Waals surface area (Å²) in [5, 5.41) is 0. The molecular weight excluding hydrogens is 440 g/mol. The number of benzene rings is 2. The second-order valence-corrected chi connectivity index (χ2v) is 11.3. The van der Waals surface area contributed by atoms with Gasteiger partial charge in [-0.2, -0.15) is 0 Å². The second kappa shape index (κ2) is 9.30. The summed E-state index contributed by atoms with van der Waals surface area (Å²) >= 11 is 0. The highest BCUT2D eigenvalue weighted by Gasteiger charge is 2.23. The number of sulfonamides is 2. The first-order valence-corrected chi connectivity index (χ1v) is 12.8. The van der Waals surface area contributed by atoms with Crippen LogP contribution in [0.3, 0.4) is 0 Å². The molecule has 0 saturated heterocycles. The van der Waals surface area contributed by atoms with Crippen LogP contribution in [0, 0.1) is 0 Å². The van der Waals surface area contributed by atoms with Gasteiger partial charge < -0.3 is 11.5 Å². The molecule has 0 aliphatic heterocycles. The van der Waals surface area contributed by atoms with Crippen molar-refractivity contribution in [2.45, 2.75) is 19.6 Å². The minimum absolute atomic E-state index is 0.00494. The number of nitrogens with one attached hydrogen (secondary N) is 2. The van der Waals surface area contributed by atoms with Crippen molar-refractivity contribution in [1.29, 1.82) is 0 Å². The molecule has 0 aromatic heterocycles. The first-order chi connectivity index (χ1) is 13.5. The average Bonchev–Trinajstić information content (AvgIpc) is 2.71. The van der Waals surface area contributed by atoms with Gasteiger partial charge in [0.15, 0.2) is 0 Å². The van der Waals surface area contributed by atoms with Crippen LogP contribution in [-0.4, -0.2) is 51.4 Å². The molecule has 2 aromatic rings. The Morgan fingerprint density at radius 3 is 1.31 bits per heavy atom. The summed E-state index contributed by atoms with van der Waals surface area (Å²) in [4.78, 5) is -1.09. The third kappa shape index (κ3) is 5.60. The Hall–Kier alpha value is -1.87. The number of nitrogens with two attached hydrogens (primary N) is 2. The van der Waals surface area contributed by atoms with Crippen molar-refractivity contribution >= 4 is 29.9 Å². The van der Waals surface area contributed by atoms with Crippen LogP contribution in [0.5, 0.6) is 0 Å². The molecule has 29 heavy (non-hydrogen) atoms. The summed E-state index contributed by atoms with van der Waals surface area (Å²) < 4.78 is 79.3. The second-order valence-electron chi connectivity index (χ2n) is 5.83. The van der Waals surface area contributed by atoms with Crippen molar-refractivity contribution in [2.75, 3.05) is 26.2 Å². The monoisotopic (exact) mass is 462 g/mol. The van der Waals surface area contributed by atoms with Crippen LogP contribution in [0.15, 0.2) is 68.1 Å². The highest BCUT2D eigenvalue weighted by Crippen LogP contribution is 2.25. The van der Waals surface area contributed by atoms with E-state index in [1.165, 1.54) is 36.4 Å². The van der Waals surface area contributed by atoms with Crippen LogP contribution in [0.25, 0.3) is 0 Å². The summed E-state index contributed by atoms with van der Waals surface area (Å²) in [5.74, 6) is 0. The maximum Gasteiger partial charge on any atom is 0.240 e. The number of hydrogen-bond acceptors (Lipinski definition) is 8. The van der Waals surface area contributed by atoms with E-state index in [1.54, 1.807) is 0 Å². The number of sulfone groups is 1. The zero-order chi connectivity index (χ0) is 21.7. The molecule has 0 bridgehead atoms. The van der Waals surface area contributed by atoms with Gasteiger partial charge in [0, 0.05) is 26.2 Å². The normalized spacial score (nSPS) is 12.8. The molecule has 13 heteroatoms. The minimum Gasteiger partial charge on any atom is -0.329 e. The van der Waals surface area contributed by atoms with Gasteiger partial charge in [-0.05, 0) is 36.4 Å². The molecule has 0 saturated carbocycles. The van der Waals surface area contributed by atoms with Crippen molar-refractivity contribution in [1.82, 2.24) is 9.44 Å². The Kier molecular flexibility index (Phi) is 7.50. The van der Waals surface area contributed by atoms with Gasteiger partial charge in [-0.3, -0.25) is 0 Å². The Balaban J connectivity index is 2.47.